The van der Waals surface area contributed by atoms with Gasteiger partial charge < -0.3 is 14.9 Å². The Balaban J connectivity index is 1.73. The zero-order valence-electron chi connectivity index (χ0n) is 16.3. The van der Waals surface area contributed by atoms with Gasteiger partial charge in [0.2, 0.25) is 0 Å². The molecule has 4 unspecified atom stereocenters. The Morgan fingerprint density at radius 1 is 1.19 bits per heavy atom. The van der Waals surface area contributed by atoms with Crippen molar-refractivity contribution in [2.24, 2.45) is 17.3 Å². The number of fused-ring (bicyclic) bond motifs is 5. The van der Waals surface area contributed by atoms with Gasteiger partial charge in [-0.25, -0.2) is 0 Å². The lowest BCUT2D eigenvalue weighted by Gasteiger charge is -2.57. The summed E-state index contributed by atoms with van der Waals surface area (Å²) in [5, 5.41) is 24.2. The minimum Gasteiger partial charge on any atom is -0.508 e. The fraction of sp³-hybridized carbons (Fsp3) is 0.727. The monoisotopic (exact) mass is 359 g/mol. The number of phenols is 1. The molecular weight excluding hydrogens is 326 g/mol. The van der Waals surface area contributed by atoms with E-state index in [4.69, 9.17) is 4.74 Å². The van der Waals surface area contributed by atoms with Gasteiger partial charge in [0.05, 0.1) is 12.8 Å². The molecule has 2 saturated carbocycles. The molecule has 0 heterocycles. The zero-order chi connectivity index (χ0) is 18.5. The molecule has 26 heavy (non-hydrogen) atoms. The fourth-order valence-corrected chi connectivity index (χ4v) is 6.54. The van der Waals surface area contributed by atoms with Crippen molar-refractivity contribution in [1.29, 1.82) is 0 Å². The molecule has 1 aromatic carbocycles. The number of hydrogen-bond acceptors (Lipinski definition) is 4. The standard InChI is InChI=1S/C22H33NO3/c1-21-8-9-22(2)18(6-7-20(22)25)19(21)10-14(12-23-13-26-3)16-11-15(24)4-5-17(16)21/h4-5,11,14,18-20,23-25H,6-10,12-13H2,1-3H3/t14-,18?,19?,20?,21-,22?/m1/s1. The lowest BCUT2D eigenvalue weighted by molar-refractivity contribution is -0.0492. The first-order valence-corrected chi connectivity index (χ1v) is 10.1. The quantitative estimate of drug-likeness (QED) is 0.569. The molecule has 0 amide bonds. The number of aliphatic hydroxyl groups is 1. The predicted molar refractivity (Wildman–Crippen MR) is 102 cm³/mol. The van der Waals surface area contributed by atoms with Crippen LogP contribution in [0.2, 0.25) is 0 Å². The Kier molecular flexibility index (Phi) is 4.57. The van der Waals surface area contributed by atoms with Crippen LogP contribution in [-0.4, -0.2) is 36.7 Å². The third-order valence-corrected chi connectivity index (χ3v) is 8.11. The minimum absolute atomic E-state index is 0.0725. The van der Waals surface area contributed by atoms with Gasteiger partial charge in [-0.3, -0.25) is 5.32 Å². The molecular formula is C22H33NO3. The van der Waals surface area contributed by atoms with Crippen molar-refractivity contribution in [2.75, 3.05) is 20.4 Å². The van der Waals surface area contributed by atoms with Crippen molar-refractivity contribution >= 4 is 0 Å². The van der Waals surface area contributed by atoms with E-state index >= 15 is 0 Å². The van der Waals surface area contributed by atoms with Crippen molar-refractivity contribution in [3.8, 4) is 5.75 Å². The van der Waals surface area contributed by atoms with E-state index in [2.05, 4.69) is 25.2 Å². The maximum absolute atomic E-state index is 10.7. The minimum atomic E-state index is -0.150. The molecule has 3 aliphatic carbocycles. The van der Waals surface area contributed by atoms with Gasteiger partial charge in [0.15, 0.2) is 0 Å². The number of aromatic hydroxyl groups is 1. The molecule has 3 N–H and O–H groups in total. The van der Waals surface area contributed by atoms with Gasteiger partial charge in [0, 0.05) is 13.7 Å². The van der Waals surface area contributed by atoms with Crippen LogP contribution in [-0.2, 0) is 10.2 Å². The maximum Gasteiger partial charge on any atom is 0.115 e. The number of nitrogens with one attached hydrogen (secondary N) is 1. The highest BCUT2D eigenvalue weighted by atomic mass is 16.5. The van der Waals surface area contributed by atoms with Crippen LogP contribution in [0.5, 0.6) is 5.75 Å². The third-order valence-electron chi connectivity index (χ3n) is 8.11. The summed E-state index contributed by atoms with van der Waals surface area (Å²) in [6.45, 7) is 6.16. The van der Waals surface area contributed by atoms with Gasteiger partial charge >= 0.3 is 0 Å². The topological polar surface area (TPSA) is 61.7 Å². The van der Waals surface area contributed by atoms with E-state index in [1.54, 1.807) is 7.11 Å². The van der Waals surface area contributed by atoms with Crippen molar-refractivity contribution in [1.82, 2.24) is 5.32 Å². The van der Waals surface area contributed by atoms with Crippen LogP contribution in [0.3, 0.4) is 0 Å². The lowest BCUT2D eigenvalue weighted by atomic mass is 9.48. The van der Waals surface area contributed by atoms with E-state index in [1.807, 2.05) is 12.1 Å². The number of rotatable bonds is 4. The van der Waals surface area contributed by atoms with E-state index in [9.17, 15) is 10.2 Å². The molecule has 1 aromatic rings. The summed E-state index contributed by atoms with van der Waals surface area (Å²) in [7, 11) is 1.71. The molecule has 4 rings (SSSR count). The normalized spacial score (nSPS) is 41.4. The second-order valence-electron chi connectivity index (χ2n) is 9.32. The molecule has 0 saturated heterocycles. The van der Waals surface area contributed by atoms with Crippen LogP contribution >= 0.6 is 0 Å². The van der Waals surface area contributed by atoms with Crippen LogP contribution in [0.25, 0.3) is 0 Å². The highest BCUT2D eigenvalue weighted by Crippen LogP contribution is 2.64. The summed E-state index contributed by atoms with van der Waals surface area (Å²) >= 11 is 0. The average Bonchev–Trinajstić information content (AvgIpc) is 2.91. The summed E-state index contributed by atoms with van der Waals surface area (Å²) in [6.07, 6.45) is 5.28. The summed E-state index contributed by atoms with van der Waals surface area (Å²) in [6, 6.07) is 5.99. The predicted octanol–water partition coefficient (Wildman–Crippen LogP) is 3.52. The van der Waals surface area contributed by atoms with Crippen molar-refractivity contribution in [2.45, 2.75) is 63.4 Å². The number of aliphatic hydroxyl groups excluding tert-OH is 1. The van der Waals surface area contributed by atoms with Gasteiger partial charge in [-0.2, -0.15) is 0 Å². The Labute approximate surface area is 157 Å². The molecule has 4 heteroatoms. The molecule has 0 aliphatic heterocycles. The lowest BCUT2D eigenvalue weighted by Crippen LogP contribution is -2.52. The van der Waals surface area contributed by atoms with Crippen molar-refractivity contribution in [3.05, 3.63) is 29.3 Å². The Morgan fingerprint density at radius 2 is 2.00 bits per heavy atom. The van der Waals surface area contributed by atoms with Crippen LogP contribution in [0.4, 0.5) is 0 Å². The van der Waals surface area contributed by atoms with Crippen LogP contribution in [0, 0.1) is 17.3 Å². The SMILES string of the molecule is COCNC[C@H]1CC2C3CCC(O)C3(C)CC[C@]2(C)c2ccc(O)cc21. The second kappa shape index (κ2) is 6.50. The van der Waals surface area contributed by atoms with Crippen molar-refractivity contribution < 1.29 is 14.9 Å². The molecule has 0 radical (unpaired) electrons. The van der Waals surface area contributed by atoms with Gasteiger partial charge in [-0.15, -0.1) is 0 Å². The Hall–Kier alpha value is -1.10. The van der Waals surface area contributed by atoms with Gasteiger partial charge in [0.1, 0.15) is 5.75 Å². The summed E-state index contributed by atoms with van der Waals surface area (Å²) in [5.74, 6) is 1.91. The molecule has 2 fully saturated rings. The first-order valence-electron chi connectivity index (χ1n) is 10.1. The van der Waals surface area contributed by atoms with E-state index in [1.165, 1.54) is 11.1 Å². The van der Waals surface area contributed by atoms with Gasteiger partial charge in [-0.1, -0.05) is 19.9 Å². The van der Waals surface area contributed by atoms with Crippen molar-refractivity contribution in [3.63, 3.8) is 0 Å². The molecule has 3 aliphatic rings. The van der Waals surface area contributed by atoms with Crippen LogP contribution in [0.1, 0.15) is 63.0 Å². The van der Waals surface area contributed by atoms with Crippen LogP contribution < -0.4 is 5.32 Å². The largest absolute Gasteiger partial charge is 0.508 e. The van der Waals surface area contributed by atoms with E-state index in [-0.39, 0.29) is 16.9 Å². The fourth-order valence-electron chi connectivity index (χ4n) is 6.54. The highest BCUT2D eigenvalue weighted by molar-refractivity contribution is 5.45. The highest BCUT2D eigenvalue weighted by Gasteiger charge is 2.59. The van der Waals surface area contributed by atoms with E-state index < -0.39 is 0 Å². The number of phenolic OH excluding ortho intramolecular Hbond substituents is 1. The average molecular weight is 360 g/mol. The molecule has 0 spiro atoms. The second-order valence-corrected chi connectivity index (χ2v) is 9.32. The Morgan fingerprint density at radius 3 is 2.77 bits per heavy atom. The summed E-state index contributed by atoms with van der Waals surface area (Å²) in [4.78, 5) is 0. The number of ether oxygens (including phenoxy) is 1. The number of benzene rings is 1. The molecule has 4 nitrogen and oxygen atoms in total. The first-order chi connectivity index (χ1) is 12.4. The number of hydrogen-bond donors (Lipinski definition) is 3. The van der Waals surface area contributed by atoms with E-state index in [0.717, 1.165) is 38.6 Å². The smallest absolute Gasteiger partial charge is 0.115 e. The van der Waals surface area contributed by atoms with Gasteiger partial charge in [0.25, 0.3) is 0 Å². The third kappa shape index (κ3) is 2.61. The molecule has 0 aromatic heterocycles. The van der Waals surface area contributed by atoms with Gasteiger partial charge in [-0.05, 0) is 83.9 Å². The summed E-state index contributed by atoms with van der Waals surface area (Å²) < 4.78 is 5.18. The number of methoxy groups -OCH3 is 1. The Bertz CT molecular complexity index is 677. The summed E-state index contributed by atoms with van der Waals surface area (Å²) in [5.41, 5.74) is 2.94. The zero-order valence-corrected chi connectivity index (χ0v) is 16.3. The first kappa shape index (κ1) is 18.3. The van der Waals surface area contributed by atoms with Crippen LogP contribution in [0.15, 0.2) is 18.2 Å². The molecule has 6 atom stereocenters. The molecule has 144 valence electrons. The van der Waals surface area contributed by atoms with E-state index in [0.29, 0.717) is 30.2 Å². The maximum atomic E-state index is 10.7. The molecule has 0 bridgehead atoms.